The lowest BCUT2D eigenvalue weighted by Crippen LogP contribution is -2.51. The van der Waals surface area contributed by atoms with Crippen LogP contribution in [0.25, 0.3) is 10.8 Å². The molecule has 10 heteroatoms. The van der Waals surface area contributed by atoms with Crippen LogP contribution in [0.5, 0.6) is 0 Å². The van der Waals surface area contributed by atoms with Gasteiger partial charge in [-0.2, -0.15) is 4.31 Å². The summed E-state index contributed by atoms with van der Waals surface area (Å²) in [6, 6.07) is 16.5. The third-order valence-electron chi connectivity index (χ3n) is 5.86. The lowest BCUT2D eigenvalue weighted by Gasteiger charge is -2.32. The van der Waals surface area contributed by atoms with Crippen LogP contribution in [0.2, 0.25) is 10.0 Å². The second-order valence-electron chi connectivity index (χ2n) is 8.36. The molecule has 0 spiro atoms. The minimum absolute atomic E-state index is 0.0647. The molecule has 1 N–H and O–H groups in total. The number of carbonyl (C=O) groups is 2. The molecular weight excluding hydrogens is 521 g/mol. The number of nitrogens with one attached hydrogen (secondary N) is 1. The largest absolute Gasteiger partial charge is 0.355 e. The van der Waals surface area contributed by atoms with E-state index in [1.165, 1.54) is 18.0 Å². The van der Waals surface area contributed by atoms with E-state index in [-0.39, 0.29) is 17.3 Å². The summed E-state index contributed by atoms with van der Waals surface area (Å²) in [5.74, 6) is -0.820. The van der Waals surface area contributed by atoms with E-state index in [4.69, 9.17) is 23.2 Å². The molecule has 0 bridgehead atoms. The van der Waals surface area contributed by atoms with E-state index in [0.29, 0.717) is 28.6 Å². The predicted octanol–water partition coefficient (Wildman–Crippen LogP) is 4.71. The molecule has 0 saturated carbocycles. The van der Waals surface area contributed by atoms with E-state index in [1.54, 1.807) is 44.2 Å². The monoisotopic (exact) mass is 549 g/mol. The third kappa shape index (κ3) is 6.37. The number of halogens is 2. The van der Waals surface area contributed by atoms with Gasteiger partial charge in [-0.3, -0.25) is 9.59 Å². The van der Waals surface area contributed by atoms with Crippen molar-refractivity contribution < 1.29 is 18.0 Å². The molecule has 0 fully saturated rings. The zero-order valence-corrected chi connectivity index (χ0v) is 22.7. The number of likely N-dealkylation sites (N-methyl/N-ethyl adjacent to an activating group) is 2. The molecule has 0 aliphatic heterocycles. The summed E-state index contributed by atoms with van der Waals surface area (Å²) in [4.78, 5) is 27.7. The molecule has 3 aromatic rings. The normalized spacial score (nSPS) is 12.5. The van der Waals surface area contributed by atoms with E-state index < -0.39 is 28.5 Å². The van der Waals surface area contributed by atoms with Gasteiger partial charge in [0.1, 0.15) is 6.04 Å². The average Bonchev–Trinajstić information content (AvgIpc) is 2.85. The van der Waals surface area contributed by atoms with E-state index in [0.717, 1.165) is 15.1 Å². The fourth-order valence-electron chi connectivity index (χ4n) is 3.92. The summed E-state index contributed by atoms with van der Waals surface area (Å²) in [6.45, 7) is 3.62. The highest BCUT2D eigenvalue weighted by Gasteiger charge is 2.31. The van der Waals surface area contributed by atoms with E-state index in [1.807, 2.05) is 24.3 Å². The number of nitrogens with zero attached hydrogens (tertiary/aromatic N) is 2. The molecule has 1 unspecified atom stereocenters. The van der Waals surface area contributed by atoms with Gasteiger partial charge in [-0.05, 0) is 53.9 Å². The van der Waals surface area contributed by atoms with Crippen molar-refractivity contribution in [2.45, 2.75) is 37.8 Å². The van der Waals surface area contributed by atoms with Crippen molar-refractivity contribution in [1.29, 1.82) is 0 Å². The van der Waals surface area contributed by atoms with Gasteiger partial charge < -0.3 is 10.2 Å². The van der Waals surface area contributed by atoms with Crippen molar-refractivity contribution in [3.05, 3.63) is 76.3 Å². The first kappa shape index (κ1) is 27.9. The topological polar surface area (TPSA) is 86.8 Å². The molecule has 36 heavy (non-hydrogen) atoms. The number of fused-ring (bicyclic) bond motifs is 1. The fourth-order valence-corrected chi connectivity index (χ4v) is 5.40. The van der Waals surface area contributed by atoms with Crippen LogP contribution in [-0.2, 0) is 26.2 Å². The molecule has 3 rings (SSSR count). The molecule has 2 amide bonds. The smallest absolute Gasteiger partial charge is 0.243 e. The Bertz CT molecular complexity index is 1360. The van der Waals surface area contributed by atoms with Crippen molar-refractivity contribution in [3.63, 3.8) is 0 Å². The third-order valence-corrected chi connectivity index (χ3v) is 8.40. The van der Waals surface area contributed by atoms with Crippen LogP contribution in [0, 0.1) is 0 Å². The number of carbonyl (C=O) groups excluding carboxylic acids is 2. The highest BCUT2D eigenvalue weighted by atomic mass is 35.5. The average molecular weight is 551 g/mol. The van der Waals surface area contributed by atoms with Gasteiger partial charge in [0.05, 0.1) is 21.5 Å². The maximum atomic E-state index is 13.5. The molecule has 1 atom stereocenters. The van der Waals surface area contributed by atoms with Gasteiger partial charge in [-0.1, -0.05) is 66.5 Å². The Labute approximate surface area is 222 Å². The van der Waals surface area contributed by atoms with Crippen LogP contribution in [0.4, 0.5) is 0 Å². The molecule has 0 radical (unpaired) electrons. The minimum atomic E-state index is -3.96. The summed E-state index contributed by atoms with van der Waals surface area (Å²) in [5.41, 5.74) is 0.667. The lowest BCUT2D eigenvalue weighted by molar-refractivity contribution is -0.141. The van der Waals surface area contributed by atoms with Crippen LogP contribution in [0.1, 0.15) is 25.8 Å². The molecule has 7 nitrogen and oxygen atoms in total. The van der Waals surface area contributed by atoms with E-state index in [2.05, 4.69) is 5.32 Å². The number of sulfonamides is 1. The molecule has 0 heterocycles. The second kappa shape index (κ2) is 12.1. The number of hydrogen-bond acceptors (Lipinski definition) is 4. The van der Waals surface area contributed by atoms with Crippen LogP contribution >= 0.6 is 23.2 Å². The number of rotatable bonds is 10. The summed E-state index contributed by atoms with van der Waals surface area (Å²) >= 11 is 12.2. The van der Waals surface area contributed by atoms with Crippen molar-refractivity contribution in [2.75, 3.05) is 20.1 Å². The number of amides is 2. The standard InChI is InChI=1S/C26H29Cl2N3O4S/c1-4-24(26(33)29-5-2)31(16-18-10-13-22(27)23(28)14-18)25(32)17-30(3)36(34,35)21-12-11-19-8-6-7-9-20(19)15-21/h6-15,24H,4-5,16-17H2,1-3H3,(H,29,33). The Hall–Kier alpha value is -2.65. The van der Waals surface area contributed by atoms with E-state index in [9.17, 15) is 18.0 Å². The summed E-state index contributed by atoms with van der Waals surface area (Å²) in [6.07, 6.45) is 0.347. The summed E-state index contributed by atoms with van der Waals surface area (Å²) in [7, 11) is -2.61. The fraction of sp³-hybridized carbons (Fsp3) is 0.308. The minimum Gasteiger partial charge on any atom is -0.355 e. The van der Waals surface area contributed by atoms with Gasteiger partial charge in [0.25, 0.3) is 0 Å². The van der Waals surface area contributed by atoms with Crippen LogP contribution in [-0.4, -0.2) is 55.6 Å². The van der Waals surface area contributed by atoms with Crippen molar-refractivity contribution in [3.8, 4) is 0 Å². The van der Waals surface area contributed by atoms with Crippen molar-refractivity contribution >= 4 is 55.8 Å². The van der Waals surface area contributed by atoms with E-state index >= 15 is 0 Å². The zero-order chi connectivity index (χ0) is 26.5. The van der Waals surface area contributed by atoms with Crippen molar-refractivity contribution in [2.24, 2.45) is 0 Å². The Balaban J connectivity index is 1.89. The first-order chi connectivity index (χ1) is 17.1. The molecule has 0 aliphatic rings. The lowest BCUT2D eigenvalue weighted by atomic mass is 10.1. The zero-order valence-electron chi connectivity index (χ0n) is 20.4. The van der Waals surface area contributed by atoms with Crippen molar-refractivity contribution in [1.82, 2.24) is 14.5 Å². The van der Waals surface area contributed by atoms with Gasteiger partial charge in [0, 0.05) is 20.1 Å². The molecule has 0 saturated heterocycles. The first-order valence-electron chi connectivity index (χ1n) is 11.5. The maximum Gasteiger partial charge on any atom is 0.243 e. The number of hydrogen-bond donors (Lipinski definition) is 1. The molecular formula is C26H29Cl2N3O4S. The Morgan fingerprint density at radius 1 is 0.944 bits per heavy atom. The number of benzene rings is 3. The molecule has 3 aromatic carbocycles. The summed E-state index contributed by atoms with van der Waals surface area (Å²) in [5, 5.41) is 5.14. The van der Waals surface area contributed by atoms with Crippen LogP contribution in [0.15, 0.2) is 65.6 Å². The van der Waals surface area contributed by atoms with Gasteiger partial charge in [0.2, 0.25) is 21.8 Å². The van der Waals surface area contributed by atoms with Crippen LogP contribution in [0.3, 0.4) is 0 Å². The second-order valence-corrected chi connectivity index (χ2v) is 11.2. The quantitative estimate of drug-likeness (QED) is 0.396. The first-order valence-corrected chi connectivity index (χ1v) is 13.7. The Morgan fingerprint density at radius 2 is 1.64 bits per heavy atom. The van der Waals surface area contributed by atoms with Gasteiger partial charge in [-0.15, -0.1) is 0 Å². The molecule has 192 valence electrons. The van der Waals surface area contributed by atoms with Gasteiger partial charge in [0.15, 0.2) is 0 Å². The Morgan fingerprint density at radius 3 is 2.28 bits per heavy atom. The highest BCUT2D eigenvalue weighted by molar-refractivity contribution is 7.89. The Kier molecular flexibility index (Phi) is 9.35. The highest BCUT2D eigenvalue weighted by Crippen LogP contribution is 2.25. The summed E-state index contributed by atoms with van der Waals surface area (Å²) < 4.78 is 27.6. The van der Waals surface area contributed by atoms with Crippen LogP contribution < -0.4 is 5.32 Å². The maximum absolute atomic E-state index is 13.5. The van der Waals surface area contributed by atoms with Gasteiger partial charge >= 0.3 is 0 Å². The van der Waals surface area contributed by atoms with Gasteiger partial charge in [-0.25, -0.2) is 8.42 Å². The predicted molar refractivity (Wildman–Crippen MR) is 144 cm³/mol. The molecule has 0 aromatic heterocycles. The molecule has 0 aliphatic carbocycles. The SMILES string of the molecule is CCNC(=O)C(CC)N(Cc1ccc(Cl)c(Cl)c1)C(=O)CN(C)S(=O)(=O)c1ccc2ccccc2c1.